The molecule has 0 saturated carbocycles. The summed E-state index contributed by atoms with van der Waals surface area (Å²) in [6, 6.07) is 2.07. The van der Waals surface area contributed by atoms with E-state index in [9.17, 15) is 0 Å². The average Bonchev–Trinajstić information content (AvgIpc) is 2.37. The monoisotopic (exact) mass is 309 g/mol. The second kappa shape index (κ2) is 7.81. The Labute approximate surface area is 134 Å². The summed E-state index contributed by atoms with van der Waals surface area (Å²) in [6.45, 7) is 17.2. The molecule has 0 bridgehead atoms. The molecule has 0 atom stereocenters. The van der Waals surface area contributed by atoms with Gasteiger partial charge in [0.1, 0.15) is 5.82 Å². The number of nitrogens with zero attached hydrogens (tertiary/aromatic N) is 2. The maximum atomic E-state index is 6.27. The van der Waals surface area contributed by atoms with Crippen molar-refractivity contribution in [1.29, 1.82) is 0 Å². The number of nitrogens with one attached hydrogen (secondary N) is 1. The van der Waals surface area contributed by atoms with E-state index >= 15 is 0 Å². The van der Waals surface area contributed by atoms with Crippen LogP contribution in [0.1, 0.15) is 40.2 Å². The normalized spacial score (nSPS) is 11.8. The third-order valence-electron chi connectivity index (χ3n) is 3.19. The average molecular weight is 310 g/mol. The molecule has 0 unspecified atom stereocenters. The number of halogens is 1. The summed E-state index contributed by atoms with van der Waals surface area (Å²) in [5.74, 6) is 1.56. The van der Waals surface area contributed by atoms with Crippen molar-refractivity contribution >= 4 is 17.4 Å². The molecular formula is C17H28ClN3. The Morgan fingerprint density at radius 2 is 2.10 bits per heavy atom. The first-order valence-electron chi connectivity index (χ1n) is 7.49. The molecule has 1 N–H and O–H groups in total. The molecule has 3 nitrogen and oxygen atoms in total. The Hall–Kier alpha value is -1.06. The first-order valence-corrected chi connectivity index (χ1v) is 7.87. The third kappa shape index (κ3) is 5.68. The van der Waals surface area contributed by atoms with Gasteiger partial charge in [0, 0.05) is 24.8 Å². The smallest absolute Gasteiger partial charge is 0.129 e. The molecule has 0 aliphatic heterocycles. The number of hydrogen-bond acceptors (Lipinski definition) is 3. The molecule has 21 heavy (non-hydrogen) atoms. The first-order chi connectivity index (χ1) is 9.75. The zero-order valence-corrected chi connectivity index (χ0v) is 14.7. The van der Waals surface area contributed by atoms with Gasteiger partial charge in [-0.3, -0.25) is 0 Å². The van der Waals surface area contributed by atoms with Crippen LogP contribution in [0.2, 0.25) is 5.02 Å². The minimum Gasteiger partial charge on any atom is -0.348 e. The second-order valence-electron chi connectivity index (χ2n) is 6.73. The highest BCUT2D eigenvalue weighted by Gasteiger charge is 2.22. The van der Waals surface area contributed by atoms with Crippen LogP contribution in [0.15, 0.2) is 24.9 Å². The van der Waals surface area contributed by atoms with E-state index in [1.807, 2.05) is 6.08 Å². The van der Waals surface area contributed by atoms with E-state index in [4.69, 9.17) is 11.6 Å². The molecule has 0 fully saturated rings. The van der Waals surface area contributed by atoms with Gasteiger partial charge in [0.2, 0.25) is 0 Å². The van der Waals surface area contributed by atoms with Crippen LogP contribution in [-0.4, -0.2) is 23.6 Å². The lowest BCUT2D eigenvalue weighted by Gasteiger charge is -2.36. The lowest BCUT2D eigenvalue weighted by molar-refractivity contribution is 0.516. The van der Waals surface area contributed by atoms with Crippen LogP contribution in [-0.2, 0) is 6.54 Å². The number of hydrogen-bond donors (Lipinski definition) is 1. The van der Waals surface area contributed by atoms with E-state index in [1.165, 1.54) is 0 Å². The van der Waals surface area contributed by atoms with Crippen molar-refractivity contribution < 1.29 is 0 Å². The molecular weight excluding hydrogens is 282 g/mol. The van der Waals surface area contributed by atoms with Crippen LogP contribution < -0.4 is 10.2 Å². The summed E-state index contributed by atoms with van der Waals surface area (Å²) >= 11 is 6.27. The van der Waals surface area contributed by atoms with Gasteiger partial charge in [-0.15, -0.1) is 6.58 Å². The molecule has 1 rings (SSSR count). The number of rotatable bonds is 7. The van der Waals surface area contributed by atoms with Gasteiger partial charge < -0.3 is 10.2 Å². The molecule has 1 aromatic rings. The van der Waals surface area contributed by atoms with Crippen molar-refractivity contribution in [2.45, 2.75) is 46.7 Å². The van der Waals surface area contributed by atoms with Gasteiger partial charge in [-0.25, -0.2) is 4.98 Å². The highest BCUT2D eigenvalue weighted by atomic mass is 35.5. The van der Waals surface area contributed by atoms with Crippen molar-refractivity contribution in [3.05, 3.63) is 35.5 Å². The SMILES string of the molecule is C=CCN(c1cc(CNCC(C)C)c(Cl)cn1)C(C)(C)C. The quantitative estimate of drug-likeness (QED) is 0.762. The Balaban J connectivity index is 2.95. The third-order valence-corrected chi connectivity index (χ3v) is 3.53. The van der Waals surface area contributed by atoms with Gasteiger partial charge in [-0.1, -0.05) is 31.5 Å². The molecule has 118 valence electrons. The van der Waals surface area contributed by atoms with Gasteiger partial charge in [-0.2, -0.15) is 0 Å². The van der Waals surface area contributed by atoms with Crippen molar-refractivity contribution in [3.63, 3.8) is 0 Å². The molecule has 0 spiro atoms. The van der Waals surface area contributed by atoms with Crippen LogP contribution in [0.4, 0.5) is 5.82 Å². The van der Waals surface area contributed by atoms with Gasteiger partial charge in [0.05, 0.1) is 5.02 Å². The highest BCUT2D eigenvalue weighted by molar-refractivity contribution is 6.31. The lowest BCUT2D eigenvalue weighted by Crippen LogP contribution is -2.42. The van der Waals surface area contributed by atoms with Crippen LogP contribution in [0.5, 0.6) is 0 Å². The molecule has 0 saturated heterocycles. The first kappa shape index (κ1) is 18.0. The van der Waals surface area contributed by atoms with Gasteiger partial charge in [-0.05, 0) is 44.9 Å². The van der Waals surface area contributed by atoms with Crippen molar-refractivity contribution in [3.8, 4) is 0 Å². The predicted molar refractivity (Wildman–Crippen MR) is 93.1 cm³/mol. The predicted octanol–water partition coefficient (Wildman–Crippen LogP) is 4.27. The highest BCUT2D eigenvalue weighted by Crippen LogP contribution is 2.25. The fourth-order valence-electron chi connectivity index (χ4n) is 2.09. The summed E-state index contributed by atoms with van der Waals surface area (Å²) < 4.78 is 0. The van der Waals surface area contributed by atoms with Crippen LogP contribution in [0, 0.1) is 5.92 Å². The minimum absolute atomic E-state index is 0.0162. The summed E-state index contributed by atoms with van der Waals surface area (Å²) in [4.78, 5) is 6.71. The van der Waals surface area contributed by atoms with Gasteiger partial charge in [0.15, 0.2) is 0 Å². The maximum absolute atomic E-state index is 6.27. The standard InChI is InChI=1S/C17H28ClN3/c1-7-8-21(17(4,5)6)16-9-14(15(18)12-20-16)11-19-10-13(2)3/h7,9,12-13,19H,1,8,10-11H2,2-6H3. The number of anilines is 1. The van der Waals surface area contributed by atoms with Gasteiger partial charge in [0.25, 0.3) is 0 Å². The molecule has 0 aliphatic carbocycles. The van der Waals surface area contributed by atoms with Crippen LogP contribution in [0.25, 0.3) is 0 Å². The lowest BCUT2D eigenvalue weighted by atomic mass is 10.1. The molecule has 1 heterocycles. The molecule has 0 aromatic carbocycles. The topological polar surface area (TPSA) is 28.2 Å². The van der Waals surface area contributed by atoms with E-state index in [0.717, 1.165) is 31.0 Å². The Kier molecular flexibility index (Phi) is 6.69. The van der Waals surface area contributed by atoms with Gasteiger partial charge >= 0.3 is 0 Å². The van der Waals surface area contributed by atoms with E-state index in [-0.39, 0.29) is 5.54 Å². The molecule has 4 heteroatoms. The molecule has 0 amide bonds. The van der Waals surface area contributed by atoms with E-state index in [0.29, 0.717) is 10.9 Å². The zero-order valence-electron chi connectivity index (χ0n) is 13.9. The summed E-state index contributed by atoms with van der Waals surface area (Å²) in [7, 11) is 0. The summed E-state index contributed by atoms with van der Waals surface area (Å²) in [6.07, 6.45) is 3.64. The van der Waals surface area contributed by atoms with Crippen LogP contribution >= 0.6 is 11.6 Å². The minimum atomic E-state index is -0.0162. The Morgan fingerprint density at radius 3 is 2.62 bits per heavy atom. The summed E-state index contributed by atoms with van der Waals surface area (Å²) in [5.41, 5.74) is 1.07. The largest absolute Gasteiger partial charge is 0.348 e. The fourth-order valence-corrected chi connectivity index (χ4v) is 2.26. The van der Waals surface area contributed by atoms with Crippen molar-refractivity contribution in [2.75, 3.05) is 18.0 Å². The number of aromatic nitrogens is 1. The van der Waals surface area contributed by atoms with Crippen molar-refractivity contribution in [1.82, 2.24) is 10.3 Å². The van der Waals surface area contributed by atoms with Crippen molar-refractivity contribution in [2.24, 2.45) is 5.92 Å². The van der Waals surface area contributed by atoms with Crippen LogP contribution in [0.3, 0.4) is 0 Å². The van der Waals surface area contributed by atoms with E-state index < -0.39 is 0 Å². The summed E-state index contributed by atoms with van der Waals surface area (Å²) in [5, 5.41) is 4.14. The molecule has 0 radical (unpaired) electrons. The fraction of sp³-hybridized carbons (Fsp3) is 0.588. The Morgan fingerprint density at radius 1 is 1.43 bits per heavy atom. The molecule has 1 aromatic heterocycles. The number of pyridine rings is 1. The zero-order chi connectivity index (χ0) is 16.0. The van der Waals surface area contributed by atoms with E-state index in [2.05, 4.69) is 62.5 Å². The molecule has 0 aliphatic rings. The van der Waals surface area contributed by atoms with E-state index in [1.54, 1.807) is 6.20 Å². The Bertz CT molecular complexity index is 464. The second-order valence-corrected chi connectivity index (χ2v) is 7.14. The maximum Gasteiger partial charge on any atom is 0.129 e.